The molecule has 1 aliphatic rings. The first kappa shape index (κ1) is 10.5. The van der Waals surface area contributed by atoms with Crippen LogP contribution in [0.1, 0.15) is 23.5 Å². The highest BCUT2D eigenvalue weighted by molar-refractivity contribution is 5.43. The van der Waals surface area contributed by atoms with Crippen LogP contribution < -0.4 is 5.73 Å². The smallest absolute Gasteiger partial charge is 0.0150 e. The monoisotopic (exact) mass is 223 g/mol. The fraction of sp³-hybridized carbons (Fsp3) is 0.250. The molecular weight excluding hydrogens is 206 g/mol. The lowest BCUT2D eigenvalue weighted by molar-refractivity contribution is 0.676. The topological polar surface area (TPSA) is 26.0 Å². The maximum atomic E-state index is 6.03. The van der Waals surface area contributed by atoms with Crippen LogP contribution in [0, 0.1) is 0 Å². The zero-order valence-corrected chi connectivity index (χ0v) is 9.84. The second kappa shape index (κ2) is 4.01. The normalized spacial score (nSPS) is 26.8. The lowest BCUT2D eigenvalue weighted by Gasteiger charge is -2.15. The molecule has 3 rings (SSSR count). The van der Waals surface area contributed by atoms with Crippen LogP contribution in [-0.2, 0) is 5.41 Å². The fourth-order valence-corrected chi connectivity index (χ4v) is 2.86. The van der Waals surface area contributed by atoms with Crippen molar-refractivity contribution >= 4 is 0 Å². The first-order valence-corrected chi connectivity index (χ1v) is 6.17. The Morgan fingerprint density at radius 1 is 0.941 bits per heavy atom. The summed E-state index contributed by atoms with van der Waals surface area (Å²) in [5.74, 6) is 0.594. The van der Waals surface area contributed by atoms with E-state index < -0.39 is 0 Å². The van der Waals surface area contributed by atoms with E-state index in [1.165, 1.54) is 17.5 Å². The van der Waals surface area contributed by atoms with Crippen molar-refractivity contribution in [2.24, 2.45) is 5.73 Å². The van der Waals surface area contributed by atoms with Gasteiger partial charge in [-0.25, -0.2) is 0 Å². The molecule has 0 heterocycles. The molecule has 86 valence electrons. The average Bonchev–Trinajstić information content (AvgIpc) is 3.17. The third kappa shape index (κ3) is 1.67. The summed E-state index contributed by atoms with van der Waals surface area (Å²) in [5.41, 5.74) is 9.02. The summed E-state index contributed by atoms with van der Waals surface area (Å²) >= 11 is 0. The fourth-order valence-electron chi connectivity index (χ4n) is 2.86. The zero-order valence-electron chi connectivity index (χ0n) is 9.84. The lowest BCUT2D eigenvalue weighted by Crippen LogP contribution is -2.21. The molecule has 2 aromatic carbocycles. The Morgan fingerprint density at radius 3 is 2.12 bits per heavy atom. The minimum absolute atomic E-state index is 0.183. The van der Waals surface area contributed by atoms with E-state index in [0.29, 0.717) is 5.92 Å². The van der Waals surface area contributed by atoms with Gasteiger partial charge in [0.15, 0.2) is 0 Å². The number of hydrogen-bond donors (Lipinski definition) is 1. The lowest BCUT2D eigenvalue weighted by atomic mass is 9.91. The summed E-state index contributed by atoms with van der Waals surface area (Å²) in [6.45, 7) is 0.733. The Hall–Kier alpha value is -1.60. The van der Waals surface area contributed by atoms with Gasteiger partial charge >= 0.3 is 0 Å². The molecule has 1 saturated carbocycles. The third-order valence-corrected chi connectivity index (χ3v) is 3.99. The summed E-state index contributed by atoms with van der Waals surface area (Å²) in [4.78, 5) is 0. The molecule has 0 radical (unpaired) electrons. The highest BCUT2D eigenvalue weighted by atomic mass is 14.7. The van der Waals surface area contributed by atoms with Crippen molar-refractivity contribution in [1.29, 1.82) is 0 Å². The van der Waals surface area contributed by atoms with Crippen LogP contribution in [-0.4, -0.2) is 6.54 Å². The van der Waals surface area contributed by atoms with E-state index in [-0.39, 0.29) is 5.41 Å². The molecular formula is C16H17N. The highest BCUT2D eigenvalue weighted by Gasteiger charge is 2.54. The summed E-state index contributed by atoms with van der Waals surface area (Å²) in [6, 6.07) is 21.4. The molecule has 2 N–H and O–H groups in total. The molecule has 2 atom stereocenters. The molecule has 0 bridgehead atoms. The molecule has 0 unspecified atom stereocenters. The molecule has 0 aromatic heterocycles. The zero-order chi connectivity index (χ0) is 11.7. The van der Waals surface area contributed by atoms with E-state index in [9.17, 15) is 0 Å². The maximum Gasteiger partial charge on any atom is 0.0150 e. The molecule has 17 heavy (non-hydrogen) atoms. The second-order valence-electron chi connectivity index (χ2n) is 4.89. The van der Waals surface area contributed by atoms with Crippen molar-refractivity contribution in [2.45, 2.75) is 17.8 Å². The van der Waals surface area contributed by atoms with Gasteiger partial charge in [0, 0.05) is 12.0 Å². The standard InChI is InChI=1S/C16H17N/c17-12-16(14-9-5-2-6-10-14)11-15(16)13-7-3-1-4-8-13/h1-10,15H,11-12,17H2/t15-,16-/m1/s1. The molecule has 1 fully saturated rings. The van der Waals surface area contributed by atoms with Gasteiger partial charge in [0.25, 0.3) is 0 Å². The number of nitrogens with two attached hydrogens (primary N) is 1. The van der Waals surface area contributed by atoms with Gasteiger partial charge in [0.05, 0.1) is 0 Å². The SMILES string of the molecule is NC[C@@]1(c2ccccc2)C[C@@H]1c1ccccc1. The van der Waals surface area contributed by atoms with Crippen LogP contribution in [0.5, 0.6) is 0 Å². The van der Waals surface area contributed by atoms with Gasteiger partial charge in [0.2, 0.25) is 0 Å². The van der Waals surface area contributed by atoms with Gasteiger partial charge in [-0.15, -0.1) is 0 Å². The van der Waals surface area contributed by atoms with Crippen LogP contribution in [0.25, 0.3) is 0 Å². The molecule has 2 aromatic rings. The quantitative estimate of drug-likeness (QED) is 0.850. The third-order valence-electron chi connectivity index (χ3n) is 3.99. The average molecular weight is 223 g/mol. The molecule has 0 amide bonds. The molecule has 1 heteroatoms. The van der Waals surface area contributed by atoms with Crippen molar-refractivity contribution in [3.63, 3.8) is 0 Å². The largest absolute Gasteiger partial charge is 0.330 e. The van der Waals surface area contributed by atoms with Gasteiger partial charge in [0.1, 0.15) is 0 Å². The first-order chi connectivity index (χ1) is 8.37. The van der Waals surface area contributed by atoms with Crippen molar-refractivity contribution in [3.8, 4) is 0 Å². The highest BCUT2D eigenvalue weighted by Crippen LogP contribution is 2.59. The Kier molecular flexibility index (Phi) is 2.49. The van der Waals surface area contributed by atoms with E-state index in [4.69, 9.17) is 5.73 Å². The first-order valence-electron chi connectivity index (χ1n) is 6.17. The van der Waals surface area contributed by atoms with E-state index >= 15 is 0 Å². The predicted octanol–water partition coefficient (Wildman–Crippen LogP) is 3.07. The molecule has 1 nitrogen and oxygen atoms in total. The van der Waals surface area contributed by atoms with E-state index in [1.54, 1.807) is 0 Å². The Morgan fingerprint density at radius 2 is 1.53 bits per heavy atom. The van der Waals surface area contributed by atoms with Crippen LogP contribution in [0.4, 0.5) is 0 Å². The summed E-state index contributed by atoms with van der Waals surface area (Å²) in [7, 11) is 0. The Bertz CT molecular complexity index is 491. The van der Waals surface area contributed by atoms with Gasteiger partial charge in [-0.2, -0.15) is 0 Å². The van der Waals surface area contributed by atoms with Gasteiger partial charge in [-0.3, -0.25) is 0 Å². The van der Waals surface area contributed by atoms with Crippen LogP contribution in [0.15, 0.2) is 60.7 Å². The van der Waals surface area contributed by atoms with E-state index in [0.717, 1.165) is 6.54 Å². The van der Waals surface area contributed by atoms with Crippen molar-refractivity contribution in [3.05, 3.63) is 71.8 Å². The van der Waals surface area contributed by atoms with Crippen molar-refractivity contribution in [2.75, 3.05) is 6.54 Å². The van der Waals surface area contributed by atoms with Gasteiger partial charge < -0.3 is 5.73 Å². The van der Waals surface area contributed by atoms with Crippen molar-refractivity contribution < 1.29 is 0 Å². The van der Waals surface area contributed by atoms with Gasteiger partial charge in [-0.05, 0) is 23.5 Å². The predicted molar refractivity (Wildman–Crippen MR) is 71.0 cm³/mol. The summed E-state index contributed by atoms with van der Waals surface area (Å²) < 4.78 is 0. The minimum Gasteiger partial charge on any atom is -0.330 e. The molecule has 0 aliphatic heterocycles. The molecule has 1 aliphatic carbocycles. The Labute approximate surface area is 102 Å². The number of benzene rings is 2. The summed E-state index contributed by atoms with van der Waals surface area (Å²) in [6.07, 6.45) is 1.18. The maximum absolute atomic E-state index is 6.03. The van der Waals surface area contributed by atoms with Crippen LogP contribution in [0.2, 0.25) is 0 Å². The Balaban J connectivity index is 1.94. The number of rotatable bonds is 3. The number of hydrogen-bond acceptors (Lipinski definition) is 1. The van der Waals surface area contributed by atoms with Gasteiger partial charge in [-0.1, -0.05) is 60.7 Å². The van der Waals surface area contributed by atoms with E-state index in [2.05, 4.69) is 60.7 Å². The van der Waals surface area contributed by atoms with Crippen LogP contribution >= 0.6 is 0 Å². The molecule has 0 spiro atoms. The van der Waals surface area contributed by atoms with E-state index in [1.807, 2.05) is 0 Å². The second-order valence-corrected chi connectivity index (χ2v) is 4.89. The van der Waals surface area contributed by atoms with Crippen LogP contribution in [0.3, 0.4) is 0 Å². The minimum atomic E-state index is 0.183. The summed E-state index contributed by atoms with van der Waals surface area (Å²) in [5, 5.41) is 0. The van der Waals surface area contributed by atoms with Crippen molar-refractivity contribution in [1.82, 2.24) is 0 Å². The molecule has 0 saturated heterocycles.